The number of hydrogen-bond acceptors (Lipinski definition) is 7. The van der Waals surface area contributed by atoms with Crippen molar-refractivity contribution in [2.75, 3.05) is 31.5 Å². The number of nitrogens with one attached hydrogen (secondary N) is 4. The third kappa shape index (κ3) is 4.25. The molecule has 2 aliphatic heterocycles. The monoisotopic (exact) mass is 458 g/mol. The zero-order valence-electron chi connectivity index (χ0n) is 18.7. The second-order valence-electron chi connectivity index (χ2n) is 8.97. The van der Waals surface area contributed by atoms with E-state index < -0.39 is 11.9 Å². The smallest absolute Gasteiger partial charge is 0.326 e. The lowest BCUT2D eigenvalue weighted by molar-refractivity contribution is -0.115. The number of aromatic nitrogens is 3. The van der Waals surface area contributed by atoms with E-state index in [1.54, 1.807) is 16.8 Å². The van der Waals surface area contributed by atoms with Gasteiger partial charge in [-0.15, -0.1) is 0 Å². The summed E-state index contributed by atoms with van der Waals surface area (Å²) in [7, 11) is 0. The van der Waals surface area contributed by atoms with Crippen molar-refractivity contribution < 1.29 is 9.59 Å². The largest absolute Gasteiger partial charge is 0.367 e. The molecule has 3 aromatic rings. The first-order chi connectivity index (χ1) is 16.6. The number of piperazine rings is 1. The normalized spacial score (nSPS) is 20.1. The highest BCUT2D eigenvalue weighted by atomic mass is 16.2. The van der Waals surface area contributed by atoms with E-state index in [0.29, 0.717) is 17.3 Å². The van der Waals surface area contributed by atoms with E-state index in [1.165, 1.54) is 5.56 Å². The van der Waals surface area contributed by atoms with Crippen LogP contribution in [0.3, 0.4) is 0 Å². The predicted octanol–water partition coefficient (Wildman–Crippen LogP) is 1.56. The van der Waals surface area contributed by atoms with Crippen molar-refractivity contribution in [2.45, 2.75) is 25.4 Å². The lowest BCUT2D eigenvalue weighted by atomic mass is 10.1. The molecule has 0 atom stereocenters. The summed E-state index contributed by atoms with van der Waals surface area (Å²) >= 11 is 0. The van der Waals surface area contributed by atoms with Crippen molar-refractivity contribution >= 4 is 29.5 Å². The second kappa shape index (κ2) is 8.54. The Balaban J connectivity index is 1.38. The van der Waals surface area contributed by atoms with Crippen LogP contribution < -0.4 is 21.3 Å². The molecule has 0 unspecified atom stereocenters. The van der Waals surface area contributed by atoms with Gasteiger partial charge < -0.3 is 16.0 Å². The lowest BCUT2D eigenvalue weighted by Gasteiger charge is -2.27. The highest BCUT2D eigenvalue weighted by Crippen LogP contribution is 2.29. The first kappa shape index (κ1) is 20.8. The molecule has 0 bridgehead atoms. The number of anilines is 1. The fraction of sp³-hybridized carbons (Fsp3) is 0.333. The summed E-state index contributed by atoms with van der Waals surface area (Å²) in [5.41, 5.74) is 4.57. The Hall–Kier alpha value is -3.76. The number of carbonyl (C=O) groups excluding carboxylic acids is 2. The lowest BCUT2D eigenvalue weighted by Crippen LogP contribution is -2.42. The number of rotatable bonds is 6. The topological polar surface area (TPSA) is 116 Å². The van der Waals surface area contributed by atoms with Crippen LogP contribution >= 0.6 is 0 Å². The van der Waals surface area contributed by atoms with Crippen LogP contribution in [0.5, 0.6) is 0 Å². The van der Waals surface area contributed by atoms with Crippen molar-refractivity contribution in [1.29, 1.82) is 0 Å². The minimum Gasteiger partial charge on any atom is -0.367 e. The molecule has 2 saturated heterocycles. The highest BCUT2D eigenvalue weighted by Gasteiger charge is 2.25. The summed E-state index contributed by atoms with van der Waals surface area (Å²) in [5, 5.41) is 16.2. The number of urea groups is 1. The second-order valence-corrected chi connectivity index (χ2v) is 8.97. The van der Waals surface area contributed by atoms with Gasteiger partial charge in [-0.3, -0.25) is 15.0 Å². The Labute approximate surface area is 196 Å². The van der Waals surface area contributed by atoms with Crippen molar-refractivity contribution in [1.82, 2.24) is 35.4 Å². The summed E-state index contributed by atoms with van der Waals surface area (Å²) in [6.45, 7) is 5.03. The molecule has 0 spiro atoms. The number of nitrogens with zero attached hydrogens (tertiary/aromatic N) is 4. The molecule has 2 aromatic heterocycles. The van der Waals surface area contributed by atoms with Crippen LogP contribution in [-0.2, 0) is 11.3 Å². The molecule has 1 saturated carbocycles. The molecule has 0 radical (unpaired) electrons. The van der Waals surface area contributed by atoms with E-state index in [9.17, 15) is 9.59 Å². The Morgan fingerprint density at radius 1 is 1.12 bits per heavy atom. The Kier molecular flexibility index (Phi) is 5.23. The van der Waals surface area contributed by atoms with Crippen LogP contribution in [-0.4, -0.2) is 63.7 Å². The zero-order chi connectivity index (χ0) is 23.1. The molecule has 1 aliphatic carbocycles. The number of carbonyl (C=O) groups is 2. The molecule has 3 fully saturated rings. The zero-order valence-corrected chi connectivity index (χ0v) is 18.7. The van der Waals surface area contributed by atoms with Gasteiger partial charge in [-0.2, -0.15) is 9.61 Å². The SMILES string of the molecule is O=C1NC(=O)/C(=C/c2cnn3c(NC4CC4)cc(-c4cccc(CN5CCNCC5)c4)nc23)N1. The van der Waals surface area contributed by atoms with Gasteiger partial charge in [0.2, 0.25) is 0 Å². The summed E-state index contributed by atoms with van der Waals surface area (Å²) < 4.78 is 1.76. The molecule has 3 amide bonds. The highest BCUT2D eigenvalue weighted by molar-refractivity contribution is 6.14. The van der Waals surface area contributed by atoms with Gasteiger partial charge >= 0.3 is 6.03 Å². The average Bonchev–Trinajstić information content (AvgIpc) is 3.48. The standard InChI is InChI=1S/C24H26N8O2/c33-23-20(29-24(34)30-23)11-17-13-26-32-21(27-18-4-5-18)12-19(28-22(17)32)16-3-1-2-15(10-16)14-31-8-6-25-7-9-31/h1-3,10-13,18,25,27H,4-9,14H2,(H2,29,30,33,34)/b20-11-. The molecule has 3 aliphatic rings. The van der Waals surface area contributed by atoms with Gasteiger partial charge in [0.15, 0.2) is 5.65 Å². The number of benzene rings is 1. The fourth-order valence-corrected chi connectivity index (χ4v) is 4.36. The molecular formula is C24H26N8O2. The maximum atomic E-state index is 12.0. The molecule has 4 heterocycles. The van der Waals surface area contributed by atoms with Gasteiger partial charge in [0.05, 0.1) is 11.9 Å². The van der Waals surface area contributed by atoms with E-state index in [4.69, 9.17) is 4.98 Å². The van der Waals surface area contributed by atoms with Crippen molar-refractivity contribution in [2.24, 2.45) is 0 Å². The van der Waals surface area contributed by atoms with Crippen LogP contribution in [0.25, 0.3) is 23.0 Å². The number of amides is 3. The molecule has 4 N–H and O–H groups in total. The van der Waals surface area contributed by atoms with Crippen LogP contribution in [0.1, 0.15) is 24.0 Å². The molecule has 10 heteroatoms. The number of imide groups is 1. The van der Waals surface area contributed by atoms with Gasteiger partial charge in [-0.1, -0.05) is 18.2 Å². The molecule has 1 aromatic carbocycles. The Bertz CT molecular complexity index is 1300. The predicted molar refractivity (Wildman–Crippen MR) is 128 cm³/mol. The van der Waals surface area contributed by atoms with E-state index >= 15 is 0 Å². The number of fused-ring (bicyclic) bond motifs is 1. The van der Waals surface area contributed by atoms with Gasteiger partial charge in [0.25, 0.3) is 5.91 Å². The van der Waals surface area contributed by atoms with E-state index in [1.807, 2.05) is 6.07 Å². The van der Waals surface area contributed by atoms with Crippen LogP contribution in [0.4, 0.5) is 10.6 Å². The quantitative estimate of drug-likeness (QED) is 0.327. The van der Waals surface area contributed by atoms with E-state index in [0.717, 1.165) is 62.6 Å². The summed E-state index contributed by atoms with van der Waals surface area (Å²) in [6, 6.07) is 10.4. The Morgan fingerprint density at radius 2 is 1.97 bits per heavy atom. The Morgan fingerprint density at radius 3 is 2.74 bits per heavy atom. The molecule has 174 valence electrons. The van der Waals surface area contributed by atoms with E-state index in [2.05, 4.69) is 55.5 Å². The van der Waals surface area contributed by atoms with Gasteiger partial charge in [0, 0.05) is 56.0 Å². The summed E-state index contributed by atoms with van der Waals surface area (Å²) in [5.74, 6) is 0.400. The maximum Gasteiger partial charge on any atom is 0.326 e. The summed E-state index contributed by atoms with van der Waals surface area (Å²) in [4.78, 5) is 30.9. The molecular weight excluding hydrogens is 432 g/mol. The van der Waals surface area contributed by atoms with Crippen molar-refractivity contribution in [3.63, 3.8) is 0 Å². The van der Waals surface area contributed by atoms with Crippen molar-refractivity contribution in [3.8, 4) is 11.3 Å². The third-order valence-electron chi connectivity index (χ3n) is 6.29. The fourth-order valence-electron chi connectivity index (χ4n) is 4.36. The van der Waals surface area contributed by atoms with E-state index in [-0.39, 0.29) is 5.70 Å². The van der Waals surface area contributed by atoms with Crippen LogP contribution in [0.2, 0.25) is 0 Å². The van der Waals surface area contributed by atoms with Crippen LogP contribution in [0, 0.1) is 0 Å². The van der Waals surface area contributed by atoms with Crippen molar-refractivity contribution in [3.05, 3.63) is 53.4 Å². The summed E-state index contributed by atoms with van der Waals surface area (Å²) in [6.07, 6.45) is 5.53. The third-order valence-corrected chi connectivity index (χ3v) is 6.29. The minimum atomic E-state index is -0.529. The average molecular weight is 459 g/mol. The first-order valence-corrected chi connectivity index (χ1v) is 11.6. The maximum absolute atomic E-state index is 12.0. The van der Waals surface area contributed by atoms with Crippen LogP contribution in [0.15, 0.2) is 42.2 Å². The number of hydrogen-bond donors (Lipinski definition) is 4. The minimum absolute atomic E-state index is 0.182. The first-order valence-electron chi connectivity index (χ1n) is 11.6. The van der Waals surface area contributed by atoms with Gasteiger partial charge in [0.1, 0.15) is 11.5 Å². The molecule has 34 heavy (non-hydrogen) atoms. The molecule has 6 rings (SSSR count). The molecule has 10 nitrogen and oxygen atoms in total. The van der Waals surface area contributed by atoms with Gasteiger partial charge in [-0.05, 0) is 30.5 Å². The van der Waals surface area contributed by atoms with Gasteiger partial charge in [-0.25, -0.2) is 9.78 Å².